The molecule has 3 heterocycles. The van der Waals surface area contributed by atoms with Crippen LogP contribution in [-0.4, -0.2) is 42.0 Å². The number of benzene rings is 2. The Morgan fingerprint density at radius 3 is 2.68 bits per heavy atom. The SMILES string of the molecule is O=C1CCc2ccccc2N1CCCCN1CCC(c2c[nH]c3ccc(F)cc23)CC1. The van der Waals surface area contributed by atoms with Crippen LogP contribution in [0.5, 0.6) is 0 Å². The number of unbranched alkanes of at least 4 members (excludes halogenated alkanes) is 1. The Morgan fingerprint density at radius 1 is 1.00 bits per heavy atom. The van der Waals surface area contributed by atoms with Gasteiger partial charge in [0, 0.05) is 35.8 Å². The van der Waals surface area contributed by atoms with Crippen molar-refractivity contribution >= 4 is 22.5 Å². The van der Waals surface area contributed by atoms with Crippen LogP contribution in [-0.2, 0) is 11.2 Å². The Morgan fingerprint density at radius 2 is 1.81 bits per heavy atom. The third kappa shape index (κ3) is 4.24. The average molecular weight is 420 g/mol. The van der Waals surface area contributed by atoms with Crippen LogP contribution in [0, 0.1) is 5.82 Å². The fourth-order valence-corrected chi connectivity index (χ4v) is 5.27. The number of amides is 1. The van der Waals surface area contributed by atoms with Gasteiger partial charge in [-0.3, -0.25) is 4.79 Å². The predicted octanol–water partition coefficient (Wildman–Crippen LogP) is 5.25. The molecule has 4 nitrogen and oxygen atoms in total. The third-order valence-corrected chi connectivity index (χ3v) is 7.00. The predicted molar refractivity (Wildman–Crippen MR) is 123 cm³/mol. The number of nitrogens with zero attached hydrogens (tertiary/aromatic N) is 2. The number of para-hydroxylation sites is 1. The molecule has 0 aliphatic carbocycles. The maximum atomic E-state index is 13.7. The van der Waals surface area contributed by atoms with Crippen molar-refractivity contribution in [2.75, 3.05) is 31.1 Å². The van der Waals surface area contributed by atoms with Crippen molar-refractivity contribution in [2.24, 2.45) is 0 Å². The molecule has 0 unspecified atom stereocenters. The van der Waals surface area contributed by atoms with Crippen molar-refractivity contribution in [3.63, 3.8) is 0 Å². The Balaban J connectivity index is 1.10. The van der Waals surface area contributed by atoms with E-state index >= 15 is 0 Å². The van der Waals surface area contributed by atoms with Gasteiger partial charge in [-0.15, -0.1) is 0 Å². The van der Waals surface area contributed by atoms with E-state index in [2.05, 4.69) is 34.3 Å². The van der Waals surface area contributed by atoms with Crippen LogP contribution in [0.3, 0.4) is 0 Å². The number of hydrogen-bond donors (Lipinski definition) is 1. The van der Waals surface area contributed by atoms with Gasteiger partial charge in [-0.2, -0.15) is 0 Å². The number of anilines is 1. The van der Waals surface area contributed by atoms with E-state index in [1.54, 1.807) is 6.07 Å². The zero-order chi connectivity index (χ0) is 21.2. The lowest BCUT2D eigenvalue weighted by Crippen LogP contribution is -2.37. The summed E-state index contributed by atoms with van der Waals surface area (Å²) >= 11 is 0. The Kier molecular flexibility index (Phi) is 5.77. The van der Waals surface area contributed by atoms with Gasteiger partial charge in [0.25, 0.3) is 0 Å². The number of aromatic amines is 1. The normalized spacial score (nSPS) is 18.0. The number of halogens is 1. The molecule has 1 N–H and O–H groups in total. The highest BCUT2D eigenvalue weighted by Crippen LogP contribution is 2.33. The molecule has 3 aromatic rings. The maximum absolute atomic E-state index is 13.7. The summed E-state index contributed by atoms with van der Waals surface area (Å²) in [5.74, 6) is 0.588. The largest absolute Gasteiger partial charge is 0.361 e. The fraction of sp³-hybridized carbons (Fsp3) is 0.423. The molecule has 1 fully saturated rings. The Hall–Kier alpha value is -2.66. The molecule has 2 aliphatic rings. The quantitative estimate of drug-likeness (QED) is 0.555. The summed E-state index contributed by atoms with van der Waals surface area (Å²) in [6.45, 7) is 4.06. The number of H-pyrrole nitrogens is 1. The first kappa shape index (κ1) is 20.3. The van der Waals surface area contributed by atoms with Crippen molar-refractivity contribution in [3.8, 4) is 0 Å². The van der Waals surface area contributed by atoms with E-state index in [0.717, 1.165) is 74.9 Å². The molecular weight excluding hydrogens is 389 g/mol. The minimum atomic E-state index is -0.166. The van der Waals surface area contributed by atoms with E-state index in [1.165, 1.54) is 17.2 Å². The summed E-state index contributed by atoms with van der Waals surface area (Å²) in [6.07, 6.45) is 7.92. The van der Waals surface area contributed by atoms with Gasteiger partial charge in [0.15, 0.2) is 0 Å². The van der Waals surface area contributed by atoms with Crippen LogP contribution >= 0.6 is 0 Å². The zero-order valence-corrected chi connectivity index (χ0v) is 17.9. The van der Waals surface area contributed by atoms with Crippen molar-refractivity contribution in [1.82, 2.24) is 9.88 Å². The molecule has 0 atom stereocenters. The van der Waals surface area contributed by atoms with Gasteiger partial charge in [-0.25, -0.2) is 4.39 Å². The van der Waals surface area contributed by atoms with Gasteiger partial charge in [0.1, 0.15) is 5.82 Å². The summed E-state index contributed by atoms with van der Waals surface area (Å²) in [5, 5.41) is 1.03. The minimum Gasteiger partial charge on any atom is -0.361 e. The number of fused-ring (bicyclic) bond motifs is 2. The second kappa shape index (κ2) is 8.83. The lowest BCUT2D eigenvalue weighted by molar-refractivity contribution is -0.118. The topological polar surface area (TPSA) is 39.3 Å². The summed E-state index contributed by atoms with van der Waals surface area (Å²) in [6, 6.07) is 13.3. The van der Waals surface area contributed by atoms with E-state index in [0.29, 0.717) is 12.3 Å². The monoisotopic (exact) mass is 419 g/mol. The summed E-state index contributed by atoms with van der Waals surface area (Å²) in [4.78, 5) is 20.2. The number of aromatic nitrogens is 1. The van der Waals surface area contributed by atoms with Gasteiger partial charge in [0.05, 0.1) is 0 Å². The number of carbonyl (C=O) groups is 1. The van der Waals surface area contributed by atoms with Crippen molar-refractivity contribution in [1.29, 1.82) is 0 Å². The smallest absolute Gasteiger partial charge is 0.227 e. The number of hydrogen-bond acceptors (Lipinski definition) is 2. The zero-order valence-electron chi connectivity index (χ0n) is 17.9. The summed E-state index contributed by atoms with van der Waals surface area (Å²) in [7, 11) is 0. The van der Waals surface area contributed by atoms with E-state index in [1.807, 2.05) is 17.0 Å². The Labute approximate surface area is 183 Å². The van der Waals surface area contributed by atoms with E-state index in [9.17, 15) is 9.18 Å². The van der Waals surface area contributed by atoms with E-state index in [-0.39, 0.29) is 11.7 Å². The van der Waals surface area contributed by atoms with Crippen LogP contribution < -0.4 is 4.90 Å². The van der Waals surface area contributed by atoms with Gasteiger partial charge in [-0.1, -0.05) is 18.2 Å². The first-order valence-corrected chi connectivity index (χ1v) is 11.6. The molecular formula is C26H30FN3O. The highest BCUT2D eigenvalue weighted by molar-refractivity contribution is 5.96. The molecule has 5 heteroatoms. The van der Waals surface area contributed by atoms with Gasteiger partial charge < -0.3 is 14.8 Å². The van der Waals surface area contributed by atoms with Crippen molar-refractivity contribution in [3.05, 3.63) is 65.6 Å². The van der Waals surface area contributed by atoms with Gasteiger partial charge >= 0.3 is 0 Å². The second-order valence-corrected chi connectivity index (χ2v) is 8.93. The fourth-order valence-electron chi connectivity index (χ4n) is 5.27. The van der Waals surface area contributed by atoms with Gasteiger partial charge in [0.2, 0.25) is 5.91 Å². The van der Waals surface area contributed by atoms with Crippen LogP contribution in [0.1, 0.15) is 49.1 Å². The molecule has 0 spiro atoms. The Bertz CT molecular complexity index is 1070. The maximum Gasteiger partial charge on any atom is 0.227 e. The molecule has 0 bridgehead atoms. The van der Waals surface area contributed by atoms with Crippen LogP contribution in [0.15, 0.2) is 48.7 Å². The molecule has 0 radical (unpaired) electrons. The number of likely N-dealkylation sites (tertiary alicyclic amines) is 1. The molecule has 162 valence electrons. The molecule has 1 amide bonds. The number of piperidine rings is 1. The molecule has 1 saturated heterocycles. The first-order chi connectivity index (χ1) is 15.2. The van der Waals surface area contributed by atoms with Crippen molar-refractivity contribution < 1.29 is 9.18 Å². The minimum absolute atomic E-state index is 0.166. The number of rotatable bonds is 6. The standard InChI is InChI=1S/C26H30FN3O/c27-21-8-9-24-22(17-21)23(18-28-24)19-11-15-29(16-12-19)13-3-4-14-30-25-6-2-1-5-20(25)7-10-26(30)31/h1-2,5-6,8-9,17-19,28H,3-4,7,10-16H2. The lowest BCUT2D eigenvalue weighted by atomic mass is 9.89. The average Bonchev–Trinajstić information content (AvgIpc) is 3.21. The first-order valence-electron chi connectivity index (χ1n) is 11.6. The second-order valence-electron chi connectivity index (χ2n) is 8.93. The highest BCUT2D eigenvalue weighted by Gasteiger charge is 2.24. The highest BCUT2D eigenvalue weighted by atomic mass is 19.1. The molecule has 2 aliphatic heterocycles. The summed E-state index contributed by atoms with van der Waals surface area (Å²) in [5.41, 5.74) is 4.68. The van der Waals surface area contributed by atoms with Crippen LogP contribution in [0.4, 0.5) is 10.1 Å². The molecule has 31 heavy (non-hydrogen) atoms. The lowest BCUT2D eigenvalue weighted by Gasteiger charge is -2.32. The molecule has 2 aromatic carbocycles. The molecule has 5 rings (SSSR count). The third-order valence-electron chi connectivity index (χ3n) is 7.00. The van der Waals surface area contributed by atoms with E-state index in [4.69, 9.17) is 0 Å². The summed E-state index contributed by atoms with van der Waals surface area (Å²) < 4.78 is 13.7. The van der Waals surface area contributed by atoms with Gasteiger partial charge in [-0.05, 0) is 93.0 Å². The van der Waals surface area contributed by atoms with Crippen LogP contribution in [0.25, 0.3) is 10.9 Å². The van der Waals surface area contributed by atoms with E-state index < -0.39 is 0 Å². The van der Waals surface area contributed by atoms with Crippen molar-refractivity contribution in [2.45, 2.75) is 44.4 Å². The molecule has 0 saturated carbocycles. The number of nitrogens with one attached hydrogen (secondary N) is 1. The number of carbonyl (C=O) groups excluding carboxylic acids is 1. The number of aryl methyl sites for hydroxylation is 1. The molecule has 1 aromatic heterocycles. The van der Waals surface area contributed by atoms with Crippen LogP contribution in [0.2, 0.25) is 0 Å².